The molecule has 0 amide bonds. The van der Waals surface area contributed by atoms with E-state index in [2.05, 4.69) is 17.2 Å². The van der Waals surface area contributed by atoms with Crippen LogP contribution >= 0.6 is 0 Å². The van der Waals surface area contributed by atoms with Gasteiger partial charge in [-0.2, -0.15) is 0 Å². The van der Waals surface area contributed by atoms with Crippen LogP contribution in [-0.2, 0) is 13.2 Å². The summed E-state index contributed by atoms with van der Waals surface area (Å²) in [5, 5.41) is 7.85. The third-order valence-corrected chi connectivity index (χ3v) is 3.12. The van der Waals surface area contributed by atoms with Crippen LogP contribution in [0.1, 0.15) is 40.7 Å². The molecule has 0 radical (unpaired) electrons. The Morgan fingerprint density at radius 2 is 2.15 bits per heavy atom. The van der Waals surface area contributed by atoms with Gasteiger partial charge in [0.2, 0.25) is 0 Å². The average molecular weight is 273 g/mol. The van der Waals surface area contributed by atoms with Gasteiger partial charge in [-0.15, -0.1) is 5.10 Å². The zero-order valence-electron chi connectivity index (χ0n) is 12.1. The molecule has 0 N–H and O–H groups in total. The minimum Gasteiger partial charge on any atom is -0.487 e. The highest BCUT2D eigenvalue weighted by Crippen LogP contribution is 2.20. The molecule has 1 heterocycles. The van der Waals surface area contributed by atoms with Gasteiger partial charge in [-0.1, -0.05) is 24.3 Å². The molecule has 0 aliphatic rings. The lowest BCUT2D eigenvalue weighted by atomic mass is 10.1. The van der Waals surface area contributed by atoms with Gasteiger partial charge in [-0.3, -0.25) is 4.79 Å². The van der Waals surface area contributed by atoms with E-state index in [4.69, 9.17) is 4.74 Å². The Bertz CT molecular complexity index is 605. The minimum atomic E-state index is 0.297. The van der Waals surface area contributed by atoms with E-state index in [0.717, 1.165) is 41.8 Å². The summed E-state index contributed by atoms with van der Waals surface area (Å²) in [4.78, 5) is 11.0. The fraction of sp³-hybridized carbons (Fsp3) is 0.400. The van der Waals surface area contributed by atoms with Crippen molar-refractivity contribution in [2.45, 2.75) is 40.3 Å². The SMILES string of the molecule is CCCn1nnc(C=O)c1COc1cc(C)ccc1C. The fourth-order valence-electron chi connectivity index (χ4n) is 1.99. The maximum Gasteiger partial charge on any atom is 0.172 e. The summed E-state index contributed by atoms with van der Waals surface area (Å²) in [5.74, 6) is 0.825. The molecule has 0 unspecified atom stereocenters. The number of carbonyl (C=O) groups is 1. The van der Waals surface area contributed by atoms with Crippen molar-refractivity contribution in [1.82, 2.24) is 15.0 Å². The lowest BCUT2D eigenvalue weighted by Crippen LogP contribution is -2.09. The van der Waals surface area contributed by atoms with E-state index < -0.39 is 0 Å². The first-order chi connectivity index (χ1) is 9.65. The van der Waals surface area contributed by atoms with Gasteiger partial charge in [-0.05, 0) is 37.5 Å². The van der Waals surface area contributed by atoms with Crippen molar-refractivity contribution in [2.75, 3.05) is 0 Å². The molecule has 20 heavy (non-hydrogen) atoms. The Labute approximate surface area is 118 Å². The van der Waals surface area contributed by atoms with Crippen molar-refractivity contribution in [2.24, 2.45) is 0 Å². The number of carbonyl (C=O) groups excluding carboxylic acids is 1. The number of ether oxygens (including phenoxy) is 1. The van der Waals surface area contributed by atoms with Gasteiger partial charge in [0.1, 0.15) is 18.1 Å². The average Bonchev–Trinajstić information content (AvgIpc) is 2.82. The van der Waals surface area contributed by atoms with Crippen molar-refractivity contribution in [3.8, 4) is 5.75 Å². The largest absolute Gasteiger partial charge is 0.487 e. The highest BCUT2D eigenvalue weighted by molar-refractivity contribution is 5.73. The first kappa shape index (κ1) is 14.2. The highest BCUT2D eigenvalue weighted by atomic mass is 16.5. The molecule has 5 nitrogen and oxygen atoms in total. The molecule has 2 aromatic rings. The third kappa shape index (κ3) is 3.04. The van der Waals surface area contributed by atoms with Gasteiger partial charge < -0.3 is 4.74 Å². The first-order valence-electron chi connectivity index (χ1n) is 6.73. The van der Waals surface area contributed by atoms with Crippen molar-refractivity contribution < 1.29 is 9.53 Å². The van der Waals surface area contributed by atoms with Crippen LogP contribution in [0.2, 0.25) is 0 Å². The first-order valence-corrected chi connectivity index (χ1v) is 6.73. The fourth-order valence-corrected chi connectivity index (χ4v) is 1.99. The lowest BCUT2D eigenvalue weighted by Gasteiger charge is -2.11. The van der Waals surface area contributed by atoms with Crippen LogP contribution in [0, 0.1) is 13.8 Å². The molecule has 0 fully saturated rings. The van der Waals surface area contributed by atoms with Crippen molar-refractivity contribution in [3.05, 3.63) is 40.7 Å². The molecular weight excluding hydrogens is 254 g/mol. The number of hydrogen-bond acceptors (Lipinski definition) is 4. The summed E-state index contributed by atoms with van der Waals surface area (Å²) in [6.45, 7) is 7.10. The summed E-state index contributed by atoms with van der Waals surface area (Å²) in [6.07, 6.45) is 1.65. The zero-order valence-corrected chi connectivity index (χ0v) is 12.1. The number of nitrogens with zero attached hydrogens (tertiary/aromatic N) is 3. The molecule has 5 heteroatoms. The second-order valence-electron chi connectivity index (χ2n) is 4.82. The van der Waals surface area contributed by atoms with Crippen molar-refractivity contribution in [3.63, 3.8) is 0 Å². The summed E-state index contributed by atoms with van der Waals surface area (Å²) in [7, 11) is 0. The predicted molar refractivity (Wildman–Crippen MR) is 75.9 cm³/mol. The lowest BCUT2D eigenvalue weighted by molar-refractivity contribution is 0.111. The number of rotatable bonds is 6. The molecule has 106 valence electrons. The Balaban J connectivity index is 2.19. The van der Waals surface area contributed by atoms with E-state index in [0.29, 0.717) is 12.3 Å². The molecule has 1 aromatic heterocycles. The van der Waals surface area contributed by atoms with Crippen molar-refractivity contribution >= 4 is 6.29 Å². The molecule has 2 rings (SSSR count). The molecular formula is C15H19N3O2. The Morgan fingerprint density at radius 3 is 2.85 bits per heavy atom. The van der Waals surface area contributed by atoms with Gasteiger partial charge in [0.05, 0.1) is 0 Å². The number of aryl methyl sites for hydroxylation is 3. The summed E-state index contributed by atoms with van der Waals surface area (Å²) in [6, 6.07) is 6.05. The second kappa shape index (κ2) is 6.32. The zero-order chi connectivity index (χ0) is 14.5. The van der Waals surface area contributed by atoms with E-state index >= 15 is 0 Å². The Morgan fingerprint density at radius 1 is 1.35 bits per heavy atom. The molecule has 0 saturated heterocycles. The van der Waals surface area contributed by atoms with Crippen LogP contribution in [0.5, 0.6) is 5.75 Å². The smallest absolute Gasteiger partial charge is 0.172 e. The molecule has 0 spiro atoms. The number of aldehydes is 1. The predicted octanol–water partition coefficient (Wildman–Crippen LogP) is 2.70. The van der Waals surface area contributed by atoms with E-state index in [-0.39, 0.29) is 0 Å². The highest BCUT2D eigenvalue weighted by Gasteiger charge is 2.13. The van der Waals surface area contributed by atoms with Crippen LogP contribution in [0.15, 0.2) is 18.2 Å². The van der Waals surface area contributed by atoms with Crippen LogP contribution in [0.4, 0.5) is 0 Å². The van der Waals surface area contributed by atoms with Gasteiger partial charge in [0, 0.05) is 6.54 Å². The Hall–Kier alpha value is -2.17. The van der Waals surface area contributed by atoms with Crippen LogP contribution in [-0.4, -0.2) is 21.3 Å². The molecule has 0 aliphatic carbocycles. The monoisotopic (exact) mass is 273 g/mol. The maximum absolute atomic E-state index is 11.0. The van der Waals surface area contributed by atoms with Crippen LogP contribution < -0.4 is 4.74 Å². The van der Waals surface area contributed by atoms with E-state index in [1.165, 1.54) is 0 Å². The number of benzene rings is 1. The molecule has 0 atom stereocenters. The molecule has 0 aliphatic heterocycles. The summed E-state index contributed by atoms with van der Waals surface area (Å²) in [5.41, 5.74) is 3.28. The van der Waals surface area contributed by atoms with Crippen molar-refractivity contribution in [1.29, 1.82) is 0 Å². The van der Waals surface area contributed by atoms with Crippen LogP contribution in [0.3, 0.4) is 0 Å². The maximum atomic E-state index is 11.0. The third-order valence-electron chi connectivity index (χ3n) is 3.12. The minimum absolute atomic E-state index is 0.297. The molecule has 0 saturated carbocycles. The van der Waals surface area contributed by atoms with Gasteiger partial charge in [0.15, 0.2) is 12.0 Å². The second-order valence-corrected chi connectivity index (χ2v) is 4.82. The van der Waals surface area contributed by atoms with Gasteiger partial charge in [0.25, 0.3) is 0 Å². The van der Waals surface area contributed by atoms with Gasteiger partial charge in [-0.25, -0.2) is 4.68 Å². The molecule has 0 bridgehead atoms. The number of aromatic nitrogens is 3. The quantitative estimate of drug-likeness (QED) is 0.759. The Kier molecular flexibility index (Phi) is 4.50. The summed E-state index contributed by atoms with van der Waals surface area (Å²) < 4.78 is 7.56. The topological polar surface area (TPSA) is 57.0 Å². The molecule has 1 aromatic carbocycles. The summed E-state index contributed by atoms with van der Waals surface area (Å²) >= 11 is 0. The number of hydrogen-bond donors (Lipinski definition) is 0. The van der Waals surface area contributed by atoms with Gasteiger partial charge >= 0.3 is 0 Å². The van der Waals surface area contributed by atoms with Crippen LogP contribution in [0.25, 0.3) is 0 Å². The van der Waals surface area contributed by atoms with E-state index in [9.17, 15) is 4.79 Å². The normalized spacial score (nSPS) is 10.6. The van der Waals surface area contributed by atoms with E-state index in [1.807, 2.05) is 32.0 Å². The standard InChI is InChI=1S/C15H19N3O2/c1-4-7-18-14(13(9-19)16-17-18)10-20-15-8-11(2)5-6-12(15)3/h5-6,8-9H,4,7,10H2,1-3H3. The van der Waals surface area contributed by atoms with E-state index in [1.54, 1.807) is 4.68 Å².